The zero-order valence-electron chi connectivity index (χ0n) is 8.26. The molecule has 0 aliphatic heterocycles. The van der Waals surface area contributed by atoms with Gasteiger partial charge in [0.1, 0.15) is 0 Å². The van der Waals surface area contributed by atoms with Crippen molar-refractivity contribution < 1.29 is 4.74 Å². The van der Waals surface area contributed by atoms with Crippen LogP contribution in [0.5, 0.6) is 0 Å². The molecule has 0 aliphatic carbocycles. The van der Waals surface area contributed by atoms with Crippen LogP contribution in [0.2, 0.25) is 0 Å². The van der Waals surface area contributed by atoms with Crippen molar-refractivity contribution in [2.24, 2.45) is 0 Å². The van der Waals surface area contributed by atoms with Gasteiger partial charge in [-0.1, -0.05) is 13.3 Å². The van der Waals surface area contributed by atoms with Crippen molar-refractivity contribution in [1.82, 2.24) is 4.90 Å². The van der Waals surface area contributed by atoms with Gasteiger partial charge in [-0.3, -0.25) is 0 Å². The fraction of sp³-hybridized carbons (Fsp3) is 1.00. The average Bonchev–Trinajstić information content (AvgIpc) is 1.87. The summed E-state index contributed by atoms with van der Waals surface area (Å²) in [6.07, 6.45) is 2.82. The van der Waals surface area contributed by atoms with Crippen LogP contribution in [0.3, 0.4) is 0 Å². The van der Waals surface area contributed by atoms with E-state index in [1.54, 1.807) is 0 Å². The van der Waals surface area contributed by atoms with Crippen LogP contribution in [0.25, 0.3) is 0 Å². The lowest BCUT2D eigenvalue weighted by Gasteiger charge is -2.14. The summed E-state index contributed by atoms with van der Waals surface area (Å²) in [4.78, 5) is 2.14. The monoisotopic (exact) mass is 159 g/mol. The maximum absolute atomic E-state index is 5.55. The highest BCUT2D eigenvalue weighted by Crippen LogP contribution is 1.99. The maximum atomic E-state index is 5.55. The van der Waals surface area contributed by atoms with E-state index in [1.807, 2.05) is 0 Å². The summed E-state index contributed by atoms with van der Waals surface area (Å²) in [5.74, 6) is 0. The molecule has 0 rings (SSSR count). The molecule has 11 heavy (non-hydrogen) atoms. The smallest absolute Gasteiger partial charge is 0.0596 e. The molecule has 0 aliphatic rings. The van der Waals surface area contributed by atoms with Gasteiger partial charge in [-0.2, -0.15) is 0 Å². The van der Waals surface area contributed by atoms with E-state index in [0.717, 1.165) is 13.2 Å². The van der Waals surface area contributed by atoms with E-state index >= 15 is 0 Å². The lowest BCUT2D eigenvalue weighted by atomic mass is 10.2. The number of likely N-dealkylation sites (N-methyl/N-ethyl adjacent to an activating group) is 1. The Morgan fingerprint density at radius 2 is 2.00 bits per heavy atom. The fourth-order valence-electron chi connectivity index (χ4n) is 0.926. The molecule has 0 aromatic heterocycles. The molecule has 0 spiro atoms. The Bertz CT molecular complexity index is 83.6. The topological polar surface area (TPSA) is 12.5 Å². The fourth-order valence-corrected chi connectivity index (χ4v) is 0.926. The van der Waals surface area contributed by atoms with Crippen molar-refractivity contribution >= 4 is 0 Å². The first kappa shape index (κ1) is 10.9. The molecule has 0 saturated carbocycles. The molecule has 0 aromatic carbocycles. The SMILES string of the molecule is CCC[C@@H](C)OCCN(C)C. The molecule has 2 heteroatoms. The maximum Gasteiger partial charge on any atom is 0.0596 e. The predicted molar refractivity (Wildman–Crippen MR) is 48.9 cm³/mol. The molecule has 0 saturated heterocycles. The van der Waals surface area contributed by atoms with E-state index in [4.69, 9.17) is 4.74 Å². The van der Waals surface area contributed by atoms with Gasteiger partial charge in [-0.15, -0.1) is 0 Å². The number of ether oxygens (including phenoxy) is 1. The number of hydrogen-bond acceptors (Lipinski definition) is 2. The van der Waals surface area contributed by atoms with Gasteiger partial charge in [0.2, 0.25) is 0 Å². The highest BCUT2D eigenvalue weighted by molar-refractivity contribution is 4.49. The van der Waals surface area contributed by atoms with Crippen LogP contribution < -0.4 is 0 Å². The summed E-state index contributed by atoms with van der Waals surface area (Å²) in [5, 5.41) is 0. The van der Waals surface area contributed by atoms with E-state index in [9.17, 15) is 0 Å². The third-order valence-electron chi connectivity index (χ3n) is 1.64. The normalized spacial score (nSPS) is 13.9. The van der Waals surface area contributed by atoms with Crippen molar-refractivity contribution in [3.05, 3.63) is 0 Å². The number of nitrogens with zero attached hydrogens (tertiary/aromatic N) is 1. The molecular weight excluding hydrogens is 138 g/mol. The minimum absolute atomic E-state index is 0.431. The summed E-state index contributed by atoms with van der Waals surface area (Å²) in [7, 11) is 4.13. The molecule has 0 heterocycles. The summed E-state index contributed by atoms with van der Waals surface area (Å²) < 4.78 is 5.55. The van der Waals surface area contributed by atoms with Gasteiger partial charge in [-0.25, -0.2) is 0 Å². The number of rotatable bonds is 6. The Kier molecular flexibility index (Phi) is 6.57. The molecule has 0 bridgehead atoms. The van der Waals surface area contributed by atoms with E-state index < -0.39 is 0 Å². The Hall–Kier alpha value is -0.0800. The molecule has 0 amide bonds. The molecule has 1 atom stereocenters. The molecule has 0 unspecified atom stereocenters. The molecule has 0 aromatic rings. The first-order valence-electron chi connectivity index (χ1n) is 4.43. The van der Waals surface area contributed by atoms with Crippen molar-refractivity contribution in [2.45, 2.75) is 32.8 Å². The van der Waals surface area contributed by atoms with E-state index in [0.29, 0.717) is 6.10 Å². The second kappa shape index (κ2) is 6.62. The zero-order valence-corrected chi connectivity index (χ0v) is 8.26. The van der Waals surface area contributed by atoms with Gasteiger partial charge in [0, 0.05) is 6.54 Å². The Balaban J connectivity index is 3.10. The standard InChI is InChI=1S/C9H21NO/c1-5-6-9(2)11-8-7-10(3)4/h9H,5-8H2,1-4H3/t9-/m1/s1. The first-order chi connectivity index (χ1) is 5.16. The average molecular weight is 159 g/mol. The Morgan fingerprint density at radius 1 is 1.36 bits per heavy atom. The van der Waals surface area contributed by atoms with Crippen molar-refractivity contribution in [2.75, 3.05) is 27.2 Å². The van der Waals surface area contributed by atoms with Crippen LogP contribution in [-0.2, 0) is 4.74 Å². The van der Waals surface area contributed by atoms with E-state index in [2.05, 4.69) is 32.8 Å². The summed E-state index contributed by atoms with van der Waals surface area (Å²) >= 11 is 0. The predicted octanol–water partition coefficient (Wildman–Crippen LogP) is 1.75. The van der Waals surface area contributed by atoms with Gasteiger partial charge < -0.3 is 9.64 Å². The summed E-state index contributed by atoms with van der Waals surface area (Å²) in [6.45, 7) is 6.20. The van der Waals surface area contributed by atoms with Crippen molar-refractivity contribution in [3.63, 3.8) is 0 Å². The van der Waals surface area contributed by atoms with Gasteiger partial charge in [0.15, 0.2) is 0 Å². The van der Waals surface area contributed by atoms with Crippen molar-refractivity contribution in [3.8, 4) is 0 Å². The highest BCUT2D eigenvalue weighted by Gasteiger charge is 1.99. The van der Waals surface area contributed by atoms with Crippen LogP contribution in [-0.4, -0.2) is 38.3 Å². The van der Waals surface area contributed by atoms with Gasteiger partial charge >= 0.3 is 0 Å². The number of hydrogen-bond donors (Lipinski definition) is 0. The summed E-state index contributed by atoms with van der Waals surface area (Å²) in [6, 6.07) is 0. The van der Waals surface area contributed by atoms with Crippen LogP contribution in [0.1, 0.15) is 26.7 Å². The minimum atomic E-state index is 0.431. The molecule has 0 fully saturated rings. The molecule has 68 valence electrons. The third-order valence-corrected chi connectivity index (χ3v) is 1.64. The Labute approximate surface area is 70.5 Å². The molecule has 0 radical (unpaired) electrons. The Morgan fingerprint density at radius 3 is 2.45 bits per heavy atom. The lowest BCUT2D eigenvalue weighted by Crippen LogP contribution is -2.20. The highest BCUT2D eigenvalue weighted by atomic mass is 16.5. The van der Waals surface area contributed by atoms with Crippen molar-refractivity contribution in [1.29, 1.82) is 0 Å². The van der Waals surface area contributed by atoms with Crippen LogP contribution in [0.4, 0.5) is 0 Å². The zero-order chi connectivity index (χ0) is 8.69. The van der Waals surface area contributed by atoms with Gasteiger partial charge in [0.25, 0.3) is 0 Å². The summed E-state index contributed by atoms with van der Waals surface area (Å²) in [5.41, 5.74) is 0. The van der Waals surface area contributed by atoms with Crippen LogP contribution in [0, 0.1) is 0 Å². The lowest BCUT2D eigenvalue weighted by molar-refractivity contribution is 0.0504. The second-order valence-corrected chi connectivity index (χ2v) is 3.27. The second-order valence-electron chi connectivity index (χ2n) is 3.27. The third kappa shape index (κ3) is 7.82. The van der Waals surface area contributed by atoms with Crippen LogP contribution >= 0.6 is 0 Å². The van der Waals surface area contributed by atoms with Gasteiger partial charge in [0.05, 0.1) is 12.7 Å². The molecule has 0 N–H and O–H groups in total. The first-order valence-corrected chi connectivity index (χ1v) is 4.43. The van der Waals surface area contributed by atoms with E-state index in [1.165, 1.54) is 12.8 Å². The molecular formula is C9H21NO. The van der Waals surface area contributed by atoms with E-state index in [-0.39, 0.29) is 0 Å². The molecule has 2 nitrogen and oxygen atoms in total. The van der Waals surface area contributed by atoms with Gasteiger partial charge in [-0.05, 0) is 27.4 Å². The quantitative estimate of drug-likeness (QED) is 0.585. The van der Waals surface area contributed by atoms with Crippen LogP contribution in [0.15, 0.2) is 0 Å². The minimum Gasteiger partial charge on any atom is -0.377 e. The largest absolute Gasteiger partial charge is 0.377 e.